The van der Waals surface area contributed by atoms with Crippen molar-refractivity contribution in [2.75, 3.05) is 6.54 Å². The summed E-state index contributed by atoms with van der Waals surface area (Å²) in [6, 6.07) is 13.4. The molecule has 1 aliphatic rings. The number of nitrogens with zero attached hydrogens (tertiary/aromatic N) is 1. The van der Waals surface area contributed by atoms with Crippen LogP contribution in [0.1, 0.15) is 28.8 Å². The topological polar surface area (TPSA) is 49.4 Å². The van der Waals surface area contributed by atoms with Gasteiger partial charge in [-0.15, -0.1) is 0 Å². The molecule has 0 atom stereocenters. The zero-order valence-electron chi connectivity index (χ0n) is 13.5. The zero-order chi connectivity index (χ0) is 17.8. The van der Waals surface area contributed by atoms with Crippen LogP contribution in [0.4, 0.5) is 4.39 Å². The minimum atomic E-state index is -0.316. The fourth-order valence-electron chi connectivity index (χ4n) is 2.63. The highest BCUT2D eigenvalue weighted by atomic mass is 79.9. The highest BCUT2D eigenvalue weighted by Gasteiger charge is 2.32. The lowest BCUT2D eigenvalue weighted by molar-refractivity contribution is -0.131. The van der Waals surface area contributed by atoms with Crippen molar-refractivity contribution >= 4 is 27.7 Å². The summed E-state index contributed by atoms with van der Waals surface area (Å²) < 4.78 is 14.1. The first-order chi connectivity index (χ1) is 12.0. The third-order valence-corrected chi connectivity index (χ3v) is 4.53. The van der Waals surface area contributed by atoms with Crippen LogP contribution in [0.3, 0.4) is 0 Å². The number of hydrogen-bond donors (Lipinski definition) is 1. The van der Waals surface area contributed by atoms with Crippen LogP contribution in [0.25, 0.3) is 0 Å². The summed E-state index contributed by atoms with van der Waals surface area (Å²) in [7, 11) is 0. The van der Waals surface area contributed by atoms with Gasteiger partial charge < -0.3 is 10.2 Å². The van der Waals surface area contributed by atoms with E-state index >= 15 is 0 Å². The second-order valence-corrected chi connectivity index (χ2v) is 6.99. The van der Waals surface area contributed by atoms with Gasteiger partial charge in [0.15, 0.2) is 0 Å². The minimum Gasteiger partial charge on any atom is -0.343 e. The van der Waals surface area contributed by atoms with E-state index in [1.807, 2.05) is 6.07 Å². The molecule has 2 amide bonds. The van der Waals surface area contributed by atoms with E-state index in [-0.39, 0.29) is 30.2 Å². The molecule has 1 fully saturated rings. The Kier molecular flexibility index (Phi) is 5.48. The predicted molar refractivity (Wildman–Crippen MR) is 96.4 cm³/mol. The van der Waals surface area contributed by atoms with Crippen LogP contribution in [-0.4, -0.2) is 29.3 Å². The van der Waals surface area contributed by atoms with Gasteiger partial charge in [-0.3, -0.25) is 9.59 Å². The Balaban J connectivity index is 1.60. The van der Waals surface area contributed by atoms with Crippen LogP contribution in [0.15, 0.2) is 53.0 Å². The van der Waals surface area contributed by atoms with Crippen molar-refractivity contribution in [1.29, 1.82) is 0 Å². The molecule has 0 saturated heterocycles. The fourth-order valence-corrected chi connectivity index (χ4v) is 3.03. The van der Waals surface area contributed by atoms with E-state index in [0.717, 1.165) is 22.9 Å². The molecule has 0 unspecified atom stereocenters. The molecule has 0 radical (unpaired) electrons. The van der Waals surface area contributed by atoms with Gasteiger partial charge in [-0.05, 0) is 48.7 Å². The van der Waals surface area contributed by atoms with Crippen LogP contribution in [0.5, 0.6) is 0 Å². The van der Waals surface area contributed by atoms with Crippen molar-refractivity contribution in [3.63, 3.8) is 0 Å². The van der Waals surface area contributed by atoms with Gasteiger partial charge >= 0.3 is 0 Å². The quantitative estimate of drug-likeness (QED) is 0.800. The number of hydrogen-bond acceptors (Lipinski definition) is 2. The molecule has 25 heavy (non-hydrogen) atoms. The van der Waals surface area contributed by atoms with Crippen LogP contribution in [0.2, 0.25) is 0 Å². The Hall–Kier alpha value is -2.21. The zero-order valence-corrected chi connectivity index (χ0v) is 15.1. The Morgan fingerprint density at radius 2 is 1.92 bits per heavy atom. The molecular weight excluding hydrogens is 387 g/mol. The predicted octanol–water partition coefficient (Wildman–Crippen LogP) is 3.51. The van der Waals surface area contributed by atoms with E-state index in [1.54, 1.807) is 35.2 Å². The maximum Gasteiger partial charge on any atom is 0.251 e. The third kappa shape index (κ3) is 4.89. The maximum absolute atomic E-state index is 13.3. The average Bonchev–Trinajstić information content (AvgIpc) is 3.42. The van der Waals surface area contributed by atoms with Crippen LogP contribution >= 0.6 is 15.9 Å². The molecule has 0 heterocycles. The van der Waals surface area contributed by atoms with Gasteiger partial charge in [-0.1, -0.05) is 34.1 Å². The van der Waals surface area contributed by atoms with Gasteiger partial charge in [-0.25, -0.2) is 4.39 Å². The summed E-state index contributed by atoms with van der Waals surface area (Å²) >= 11 is 3.32. The first-order valence-corrected chi connectivity index (χ1v) is 8.90. The van der Waals surface area contributed by atoms with Crippen molar-refractivity contribution in [1.82, 2.24) is 10.2 Å². The first kappa shape index (κ1) is 17.6. The number of carbonyl (C=O) groups is 2. The molecule has 6 heteroatoms. The molecule has 0 bridgehead atoms. The van der Waals surface area contributed by atoms with Crippen molar-refractivity contribution in [3.05, 3.63) is 69.9 Å². The standard InChI is InChI=1S/C19H18BrFN2O2/c20-15-5-2-4-14(10-15)19(25)22-11-18(24)23(17-7-8-17)12-13-3-1-6-16(21)9-13/h1-6,9-10,17H,7-8,11-12H2,(H,22,25). The van der Waals surface area contributed by atoms with Gasteiger partial charge in [0.05, 0.1) is 6.54 Å². The van der Waals surface area contributed by atoms with Crippen molar-refractivity contribution < 1.29 is 14.0 Å². The van der Waals surface area contributed by atoms with Crippen LogP contribution < -0.4 is 5.32 Å². The monoisotopic (exact) mass is 404 g/mol. The van der Waals surface area contributed by atoms with E-state index in [2.05, 4.69) is 21.2 Å². The number of amides is 2. The number of carbonyl (C=O) groups excluding carboxylic acids is 2. The van der Waals surface area contributed by atoms with E-state index < -0.39 is 0 Å². The molecule has 4 nitrogen and oxygen atoms in total. The molecule has 1 N–H and O–H groups in total. The highest BCUT2D eigenvalue weighted by Crippen LogP contribution is 2.28. The summed E-state index contributed by atoms with van der Waals surface area (Å²) in [6.45, 7) is 0.283. The molecule has 0 spiro atoms. The lowest BCUT2D eigenvalue weighted by atomic mass is 10.2. The van der Waals surface area contributed by atoms with Crippen LogP contribution in [-0.2, 0) is 11.3 Å². The molecule has 1 saturated carbocycles. The molecule has 0 aromatic heterocycles. The summed E-state index contributed by atoms with van der Waals surface area (Å²) in [4.78, 5) is 26.4. The molecule has 2 aromatic rings. The van der Waals surface area contributed by atoms with E-state index in [1.165, 1.54) is 12.1 Å². The lowest BCUT2D eigenvalue weighted by Crippen LogP contribution is -2.41. The van der Waals surface area contributed by atoms with Crippen molar-refractivity contribution in [2.24, 2.45) is 0 Å². The van der Waals surface area contributed by atoms with Gasteiger partial charge in [-0.2, -0.15) is 0 Å². The molecule has 0 aliphatic heterocycles. The smallest absolute Gasteiger partial charge is 0.251 e. The number of nitrogens with one attached hydrogen (secondary N) is 1. The van der Waals surface area contributed by atoms with E-state index in [0.29, 0.717) is 12.1 Å². The van der Waals surface area contributed by atoms with E-state index in [4.69, 9.17) is 0 Å². The van der Waals surface area contributed by atoms with Crippen molar-refractivity contribution in [3.8, 4) is 0 Å². The second-order valence-electron chi connectivity index (χ2n) is 6.08. The van der Waals surface area contributed by atoms with Crippen molar-refractivity contribution in [2.45, 2.75) is 25.4 Å². The second kappa shape index (κ2) is 7.78. The number of rotatable bonds is 6. The summed E-state index contributed by atoms with van der Waals surface area (Å²) in [6.07, 6.45) is 1.89. The molecule has 130 valence electrons. The Bertz CT molecular complexity index is 792. The molecule has 3 rings (SSSR count). The Morgan fingerprint density at radius 3 is 2.60 bits per heavy atom. The van der Waals surface area contributed by atoms with E-state index in [9.17, 15) is 14.0 Å². The fraction of sp³-hybridized carbons (Fsp3) is 0.263. The highest BCUT2D eigenvalue weighted by molar-refractivity contribution is 9.10. The normalized spacial score (nSPS) is 13.4. The largest absolute Gasteiger partial charge is 0.343 e. The molecule has 2 aromatic carbocycles. The van der Waals surface area contributed by atoms with Gasteiger partial charge in [0, 0.05) is 22.6 Å². The lowest BCUT2D eigenvalue weighted by Gasteiger charge is -2.23. The van der Waals surface area contributed by atoms with Gasteiger partial charge in [0.2, 0.25) is 5.91 Å². The third-order valence-electron chi connectivity index (χ3n) is 4.04. The number of benzene rings is 2. The Labute approximate surface area is 154 Å². The minimum absolute atomic E-state index is 0.0723. The summed E-state index contributed by atoms with van der Waals surface area (Å²) in [5.41, 5.74) is 1.24. The molecular formula is C19H18BrFN2O2. The Morgan fingerprint density at radius 1 is 1.16 bits per heavy atom. The SMILES string of the molecule is O=C(NCC(=O)N(Cc1cccc(F)c1)C1CC1)c1cccc(Br)c1. The van der Waals surface area contributed by atoms with Gasteiger partial charge in [0.1, 0.15) is 5.82 Å². The summed E-state index contributed by atoms with van der Waals surface area (Å²) in [5.74, 6) is -0.769. The number of halogens is 2. The average molecular weight is 405 g/mol. The maximum atomic E-state index is 13.3. The first-order valence-electron chi connectivity index (χ1n) is 8.10. The van der Waals surface area contributed by atoms with Crippen LogP contribution in [0, 0.1) is 5.82 Å². The van der Waals surface area contributed by atoms with Gasteiger partial charge in [0.25, 0.3) is 5.91 Å². The summed E-state index contributed by atoms with van der Waals surface area (Å²) in [5, 5.41) is 2.66. The molecule has 1 aliphatic carbocycles.